The SMILES string of the molecule is CC(=O)C1=C(C)CC2(C)CC3(C)Cc4c(C(C)=O)cc(C(C)=O)c(C)c4C(=O)C3=C(C)C2(C)C1=O. The Morgan fingerprint density at radius 2 is 1.40 bits per heavy atom. The number of hydrogen-bond donors (Lipinski definition) is 0. The molecule has 0 spiro atoms. The topological polar surface area (TPSA) is 85.3 Å². The van der Waals surface area contributed by atoms with Gasteiger partial charge in [-0.3, -0.25) is 24.0 Å². The smallest absolute Gasteiger partial charge is 0.190 e. The van der Waals surface area contributed by atoms with Crippen LogP contribution < -0.4 is 0 Å². The van der Waals surface area contributed by atoms with Crippen molar-refractivity contribution >= 4 is 28.9 Å². The minimum Gasteiger partial charge on any atom is -0.295 e. The molecule has 35 heavy (non-hydrogen) atoms. The highest BCUT2D eigenvalue weighted by molar-refractivity contribution is 6.24. The first kappa shape index (κ1) is 25.2. The number of rotatable bonds is 3. The number of benzene rings is 1. The van der Waals surface area contributed by atoms with Crippen molar-refractivity contribution in [2.24, 2.45) is 16.2 Å². The van der Waals surface area contributed by atoms with Crippen molar-refractivity contribution in [3.8, 4) is 0 Å². The van der Waals surface area contributed by atoms with Crippen LogP contribution >= 0.6 is 0 Å². The normalized spacial score (nSPS) is 30.1. The summed E-state index contributed by atoms with van der Waals surface area (Å²) in [6.07, 6.45) is 1.65. The lowest BCUT2D eigenvalue weighted by atomic mass is 9.42. The number of ketones is 5. The third-order valence-electron chi connectivity index (χ3n) is 9.31. The fourth-order valence-corrected chi connectivity index (χ4v) is 7.66. The molecule has 0 N–H and O–H groups in total. The molecule has 3 aliphatic carbocycles. The maximum Gasteiger partial charge on any atom is 0.190 e. The number of fused-ring (bicyclic) bond motifs is 3. The number of hydrogen-bond acceptors (Lipinski definition) is 5. The highest BCUT2D eigenvalue weighted by Crippen LogP contribution is 2.66. The van der Waals surface area contributed by atoms with E-state index in [1.54, 1.807) is 13.0 Å². The Labute approximate surface area is 207 Å². The fraction of sp³-hybridized carbons (Fsp3) is 0.500. The van der Waals surface area contributed by atoms with Crippen LogP contribution in [0.3, 0.4) is 0 Å². The molecule has 0 saturated heterocycles. The van der Waals surface area contributed by atoms with Crippen molar-refractivity contribution in [2.45, 2.75) is 81.6 Å². The molecule has 0 heterocycles. The summed E-state index contributed by atoms with van der Waals surface area (Å²) in [5, 5.41) is 0. The molecule has 5 nitrogen and oxygen atoms in total. The lowest BCUT2D eigenvalue weighted by molar-refractivity contribution is -0.134. The molecule has 0 radical (unpaired) electrons. The molecule has 5 heteroatoms. The first-order valence-corrected chi connectivity index (χ1v) is 12.2. The van der Waals surface area contributed by atoms with Crippen LogP contribution in [-0.4, -0.2) is 28.9 Å². The third kappa shape index (κ3) is 3.09. The van der Waals surface area contributed by atoms with Gasteiger partial charge in [0, 0.05) is 27.7 Å². The predicted octanol–water partition coefficient (Wildman–Crippen LogP) is 5.76. The molecule has 3 unspecified atom stereocenters. The fourth-order valence-electron chi connectivity index (χ4n) is 7.66. The second kappa shape index (κ2) is 7.52. The molecule has 0 fully saturated rings. The van der Waals surface area contributed by atoms with Gasteiger partial charge in [-0.25, -0.2) is 0 Å². The van der Waals surface area contributed by atoms with Gasteiger partial charge in [-0.05, 0) is 90.3 Å². The van der Waals surface area contributed by atoms with Gasteiger partial charge in [-0.2, -0.15) is 0 Å². The predicted molar refractivity (Wildman–Crippen MR) is 134 cm³/mol. The number of carbonyl (C=O) groups excluding carboxylic acids is 5. The van der Waals surface area contributed by atoms with Crippen LogP contribution in [0.4, 0.5) is 0 Å². The van der Waals surface area contributed by atoms with E-state index in [0.29, 0.717) is 58.2 Å². The molecule has 0 aliphatic heterocycles. The van der Waals surface area contributed by atoms with E-state index in [0.717, 1.165) is 5.57 Å². The molecule has 0 bridgehead atoms. The average Bonchev–Trinajstić information content (AvgIpc) is 2.69. The first-order chi connectivity index (χ1) is 16.0. The minimum absolute atomic E-state index is 0.172. The first-order valence-electron chi connectivity index (χ1n) is 12.2. The standard InChI is InChI=1S/C30H34O5/c1-14-11-29(8)13-28(7)12-22-21(18(5)32)10-20(17(4)31)15(2)24(22)26(34)25(28)16(3)30(29,9)27(35)23(14)19(6)33/h10H,11-13H2,1-9H3. The van der Waals surface area contributed by atoms with Gasteiger partial charge >= 0.3 is 0 Å². The molecular formula is C30H34O5. The summed E-state index contributed by atoms with van der Waals surface area (Å²) >= 11 is 0. The summed E-state index contributed by atoms with van der Waals surface area (Å²) in [5.41, 5.74) is 2.81. The van der Waals surface area contributed by atoms with Crippen LogP contribution in [0, 0.1) is 23.2 Å². The zero-order valence-corrected chi connectivity index (χ0v) is 22.2. The van der Waals surface area contributed by atoms with E-state index in [1.165, 1.54) is 20.8 Å². The van der Waals surface area contributed by atoms with Gasteiger partial charge in [0.15, 0.2) is 28.9 Å². The zero-order valence-electron chi connectivity index (χ0n) is 22.2. The average molecular weight is 475 g/mol. The Bertz CT molecular complexity index is 1350. The van der Waals surface area contributed by atoms with Crippen molar-refractivity contribution in [2.75, 3.05) is 0 Å². The van der Waals surface area contributed by atoms with Crippen LogP contribution in [0.25, 0.3) is 0 Å². The van der Waals surface area contributed by atoms with E-state index in [-0.39, 0.29) is 34.5 Å². The summed E-state index contributed by atoms with van der Waals surface area (Å²) in [6, 6.07) is 1.64. The molecule has 3 atom stereocenters. The molecule has 0 saturated carbocycles. The van der Waals surface area contributed by atoms with E-state index < -0.39 is 16.2 Å². The van der Waals surface area contributed by atoms with Gasteiger partial charge in [0.05, 0.1) is 11.0 Å². The van der Waals surface area contributed by atoms with Crippen molar-refractivity contribution in [1.29, 1.82) is 0 Å². The van der Waals surface area contributed by atoms with Crippen molar-refractivity contribution < 1.29 is 24.0 Å². The van der Waals surface area contributed by atoms with Gasteiger partial charge < -0.3 is 0 Å². The molecule has 184 valence electrons. The molecule has 1 aromatic rings. The summed E-state index contributed by atoms with van der Waals surface area (Å²) in [4.78, 5) is 65.7. The maximum atomic E-state index is 14.3. The lowest BCUT2D eigenvalue weighted by Gasteiger charge is -2.59. The Balaban J connectivity index is 2.07. The van der Waals surface area contributed by atoms with Gasteiger partial charge in [0.2, 0.25) is 0 Å². The van der Waals surface area contributed by atoms with Crippen LogP contribution in [-0.2, 0) is 16.0 Å². The highest BCUT2D eigenvalue weighted by Gasteiger charge is 2.63. The Morgan fingerprint density at radius 1 is 0.829 bits per heavy atom. The third-order valence-corrected chi connectivity index (χ3v) is 9.31. The van der Waals surface area contributed by atoms with Gasteiger partial charge in [0.25, 0.3) is 0 Å². The van der Waals surface area contributed by atoms with Crippen molar-refractivity contribution in [1.82, 2.24) is 0 Å². The zero-order chi connectivity index (χ0) is 26.4. The number of allylic oxidation sites excluding steroid dienone is 4. The Morgan fingerprint density at radius 3 is 1.91 bits per heavy atom. The number of Topliss-reactive ketones (excluding diaryl/α,β-unsaturated/α-hetero) is 5. The summed E-state index contributed by atoms with van der Waals surface area (Å²) in [7, 11) is 0. The molecule has 0 amide bonds. The largest absolute Gasteiger partial charge is 0.295 e. The van der Waals surface area contributed by atoms with Crippen molar-refractivity contribution in [3.05, 3.63) is 56.2 Å². The van der Waals surface area contributed by atoms with E-state index in [4.69, 9.17) is 0 Å². The van der Waals surface area contributed by atoms with E-state index in [9.17, 15) is 24.0 Å². The van der Waals surface area contributed by atoms with Crippen LogP contribution in [0.15, 0.2) is 28.4 Å². The van der Waals surface area contributed by atoms with E-state index >= 15 is 0 Å². The van der Waals surface area contributed by atoms with Gasteiger partial charge in [-0.15, -0.1) is 0 Å². The second-order valence-electron chi connectivity index (χ2n) is 11.7. The van der Waals surface area contributed by atoms with Crippen LogP contribution in [0.1, 0.15) is 110 Å². The summed E-state index contributed by atoms with van der Waals surface area (Å²) in [6.45, 7) is 15.8. The van der Waals surface area contributed by atoms with E-state index in [1.807, 2.05) is 20.8 Å². The quantitative estimate of drug-likeness (QED) is 0.411. The Hall–Kier alpha value is -2.95. The monoisotopic (exact) mass is 474 g/mol. The summed E-state index contributed by atoms with van der Waals surface area (Å²) < 4.78 is 0. The molecule has 0 aromatic heterocycles. The second-order valence-corrected chi connectivity index (χ2v) is 11.7. The minimum atomic E-state index is -0.995. The summed E-state index contributed by atoms with van der Waals surface area (Å²) in [5.74, 6) is -1.03. The molecule has 4 rings (SSSR count). The van der Waals surface area contributed by atoms with Crippen LogP contribution in [0.2, 0.25) is 0 Å². The van der Waals surface area contributed by atoms with Gasteiger partial charge in [-0.1, -0.05) is 25.0 Å². The van der Waals surface area contributed by atoms with E-state index in [2.05, 4.69) is 13.8 Å². The lowest BCUT2D eigenvalue weighted by Crippen LogP contribution is -2.57. The highest BCUT2D eigenvalue weighted by atomic mass is 16.2. The van der Waals surface area contributed by atoms with Crippen LogP contribution in [0.5, 0.6) is 0 Å². The maximum absolute atomic E-state index is 14.3. The van der Waals surface area contributed by atoms with Gasteiger partial charge in [0.1, 0.15) is 0 Å². The van der Waals surface area contributed by atoms with Crippen molar-refractivity contribution in [3.63, 3.8) is 0 Å². The molecular weight excluding hydrogens is 440 g/mol. The number of carbonyl (C=O) groups is 5. The molecule has 3 aliphatic rings. The molecule has 1 aromatic carbocycles. The Kier molecular flexibility index (Phi) is 5.41.